The number of nitrogens with zero attached hydrogens (tertiary/aromatic N) is 1. The molecule has 0 spiro atoms. The fourth-order valence-corrected chi connectivity index (χ4v) is 7.52. The quantitative estimate of drug-likeness (QED) is 0.0195. The third kappa shape index (κ3) is 50.7. The van der Waals surface area contributed by atoms with E-state index in [2.05, 4.69) is 74.6 Å². The molecule has 388 valence electrons. The summed E-state index contributed by atoms with van der Waals surface area (Å²) in [6.45, 7) is 4.62. The van der Waals surface area contributed by atoms with Crippen LogP contribution in [0.3, 0.4) is 0 Å². The number of rotatable bonds is 50. The second-order valence-electron chi connectivity index (χ2n) is 19.5. The monoisotopic (exact) mass is 942 g/mol. The van der Waals surface area contributed by atoms with Crippen LogP contribution < -0.4 is 5.11 Å². The number of carboxylic acids is 1. The Bertz CT molecular complexity index is 1280. The van der Waals surface area contributed by atoms with Gasteiger partial charge in [0.05, 0.1) is 40.3 Å². The first kappa shape index (κ1) is 64.0. The molecule has 2 atom stereocenters. The van der Waals surface area contributed by atoms with Crippen LogP contribution in [0.2, 0.25) is 0 Å². The Morgan fingerprint density at radius 1 is 0.463 bits per heavy atom. The molecule has 9 heteroatoms. The summed E-state index contributed by atoms with van der Waals surface area (Å²) in [5.41, 5.74) is 0. The maximum Gasteiger partial charge on any atom is 0.306 e. The van der Waals surface area contributed by atoms with Gasteiger partial charge in [0.2, 0.25) is 0 Å². The summed E-state index contributed by atoms with van der Waals surface area (Å²) >= 11 is 0. The number of carbonyl (C=O) groups excluding carboxylic acids is 3. The third-order valence-electron chi connectivity index (χ3n) is 11.7. The Balaban J connectivity index is 4.17. The molecular weight excluding hydrogens is 839 g/mol. The second kappa shape index (κ2) is 49.4. The highest BCUT2D eigenvalue weighted by atomic mass is 16.7. The molecule has 0 aromatic heterocycles. The van der Waals surface area contributed by atoms with Crippen molar-refractivity contribution in [2.75, 3.05) is 47.5 Å². The van der Waals surface area contributed by atoms with E-state index in [1.165, 1.54) is 122 Å². The lowest BCUT2D eigenvalue weighted by atomic mass is 10.0. The minimum atomic E-state index is -1.62. The van der Waals surface area contributed by atoms with Gasteiger partial charge in [-0.25, -0.2) is 0 Å². The molecule has 0 rings (SSSR count). The number of allylic oxidation sites excluding steroid dienone is 10. The molecule has 9 nitrogen and oxygen atoms in total. The van der Waals surface area contributed by atoms with Gasteiger partial charge in [-0.2, -0.15) is 0 Å². The molecule has 0 heterocycles. The minimum Gasteiger partial charge on any atom is -0.545 e. The second-order valence-corrected chi connectivity index (χ2v) is 19.5. The maximum absolute atomic E-state index is 12.8. The van der Waals surface area contributed by atoms with Crippen molar-refractivity contribution in [2.24, 2.45) is 0 Å². The molecule has 0 N–H and O–H groups in total. The molecule has 0 aromatic carbocycles. The number of quaternary nitrogens is 1. The van der Waals surface area contributed by atoms with Crippen LogP contribution in [0.15, 0.2) is 60.8 Å². The molecule has 2 unspecified atom stereocenters. The Morgan fingerprint density at radius 2 is 0.851 bits per heavy atom. The van der Waals surface area contributed by atoms with Gasteiger partial charge in [0.25, 0.3) is 0 Å². The lowest BCUT2D eigenvalue weighted by Crippen LogP contribution is -2.44. The van der Waals surface area contributed by atoms with E-state index in [9.17, 15) is 19.5 Å². The predicted molar refractivity (Wildman–Crippen MR) is 278 cm³/mol. The zero-order chi connectivity index (χ0) is 49.2. The van der Waals surface area contributed by atoms with Crippen molar-refractivity contribution in [2.45, 2.75) is 245 Å². The van der Waals surface area contributed by atoms with E-state index in [0.717, 1.165) is 77.0 Å². The first-order valence-corrected chi connectivity index (χ1v) is 27.4. The van der Waals surface area contributed by atoms with Crippen molar-refractivity contribution in [3.63, 3.8) is 0 Å². The van der Waals surface area contributed by atoms with Gasteiger partial charge in [-0.1, -0.05) is 203 Å². The average Bonchev–Trinajstić information content (AvgIpc) is 3.29. The lowest BCUT2D eigenvalue weighted by Gasteiger charge is -2.26. The number of hydrogen-bond donors (Lipinski definition) is 0. The van der Waals surface area contributed by atoms with Crippen molar-refractivity contribution in [1.82, 2.24) is 0 Å². The standard InChI is InChI=1S/C58H103NO8/c1-6-8-10-12-14-16-18-20-21-22-23-24-25-26-27-28-29-30-31-32-33-34-35-37-39-41-43-45-47-49-56(61)67-54(53-66-58(57(62)63)64-51-50-59(3,4)5)52-65-55(60)48-46-44-42-40-38-36-19-17-15-13-11-9-7-2/h8,10,14,16-17,19-21,23-24,54,58H,6-7,9,11-13,15,18,22,25-53H2,1-5H3/b10-8-,16-14-,19-17-,21-20-,24-23-. The number of hydrogen-bond acceptors (Lipinski definition) is 8. The van der Waals surface area contributed by atoms with Gasteiger partial charge in [0, 0.05) is 12.8 Å². The first-order chi connectivity index (χ1) is 32.6. The fraction of sp³-hybridized carbons (Fsp3) is 0.776. The molecule has 0 aliphatic heterocycles. The molecule has 0 saturated heterocycles. The SMILES string of the molecule is CC/C=C\C/C=C\C/C=C\C/C=C\CCCCCCCCCCCCCCCCCCC(=O)OC(COC(=O)CCCCCCC/C=C\CCCCCC)COC(OCC[N+](C)(C)C)C(=O)[O-]. The summed E-state index contributed by atoms with van der Waals surface area (Å²) in [6, 6.07) is 0. The molecule has 67 heavy (non-hydrogen) atoms. The summed E-state index contributed by atoms with van der Waals surface area (Å²) in [4.78, 5) is 37.1. The number of carboxylic acid groups (broad SMARTS) is 1. The summed E-state index contributed by atoms with van der Waals surface area (Å²) in [5, 5.41) is 11.7. The van der Waals surface area contributed by atoms with Gasteiger partial charge >= 0.3 is 11.9 Å². The number of ether oxygens (including phenoxy) is 4. The van der Waals surface area contributed by atoms with Gasteiger partial charge in [-0.15, -0.1) is 0 Å². The average molecular weight is 942 g/mol. The summed E-state index contributed by atoms with van der Waals surface area (Å²) in [5.74, 6) is -2.29. The van der Waals surface area contributed by atoms with Gasteiger partial charge in [-0.05, 0) is 77.0 Å². The molecule has 0 aliphatic rings. The van der Waals surface area contributed by atoms with E-state index in [1.807, 2.05) is 21.1 Å². The minimum absolute atomic E-state index is 0.146. The van der Waals surface area contributed by atoms with Gasteiger partial charge in [0.15, 0.2) is 12.4 Å². The van der Waals surface area contributed by atoms with Crippen LogP contribution in [0.1, 0.15) is 232 Å². The summed E-state index contributed by atoms with van der Waals surface area (Å²) < 4.78 is 22.6. The highest BCUT2D eigenvalue weighted by molar-refractivity contribution is 5.70. The molecular formula is C58H103NO8. The van der Waals surface area contributed by atoms with Gasteiger partial charge in [-0.3, -0.25) is 9.59 Å². The van der Waals surface area contributed by atoms with E-state index < -0.39 is 24.3 Å². The first-order valence-electron chi connectivity index (χ1n) is 27.4. The molecule has 0 aromatic rings. The van der Waals surface area contributed by atoms with Crippen molar-refractivity contribution in [3.05, 3.63) is 60.8 Å². The Hall–Kier alpha value is -3.01. The van der Waals surface area contributed by atoms with E-state index in [4.69, 9.17) is 18.9 Å². The van der Waals surface area contributed by atoms with Crippen LogP contribution in [0, 0.1) is 0 Å². The Labute approximate surface area is 412 Å². The number of likely N-dealkylation sites (N-methyl/N-ethyl adjacent to an activating group) is 1. The van der Waals surface area contributed by atoms with Crippen LogP contribution in [-0.4, -0.2) is 82.3 Å². The smallest absolute Gasteiger partial charge is 0.306 e. The van der Waals surface area contributed by atoms with Crippen LogP contribution in [0.25, 0.3) is 0 Å². The zero-order valence-electron chi connectivity index (χ0n) is 44.0. The maximum atomic E-state index is 12.8. The summed E-state index contributed by atoms with van der Waals surface area (Å²) in [7, 11) is 5.91. The molecule has 0 radical (unpaired) electrons. The van der Waals surface area contributed by atoms with Crippen LogP contribution >= 0.6 is 0 Å². The van der Waals surface area contributed by atoms with Crippen LogP contribution in [0.4, 0.5) is 0 Å². The van der Waals surface area contributed by atoms with Gasteiger partial charge in [0.1, 0.15) is 13.2 Å². The summed E-state index contributed by atoms with van der Waals surface area (Å²) in [6.07, 6.45) is 58.4. The number of unbranched alkanes of at least 4 members (excludes halogenated alkanes) is 25. The molecule has 0 saturated carbocycles. The normalized spacial score (nSPS) is 13.3. The number of esters is 2. The van der Waals surface area contributed by atoms with E-state index in [-0.39, 0.29) is 38.6 Å². The van der Waals surface area contributed by atoms with Gasteiger partial charge < -0.3 is 33.3 Å². The Kier molecular flexibility index (Phi) is 47.2. The fourth-order valence-electron chi connectivity index (χ4n) is 7.52. The highest BCUT2D eigenvalue weighted by Crippen LogP contribution is 2.16. The van der Waals surface area contributed by atoms with Crippen molar-refractivity contribution >= 4 is 17.9 Å². The largest absolute Gasteiger partial charge is 0.545 e. The van der Waals surface area contributed by atoms with Crippen molar-refractivity contribution in [3.8, 4) is 0 Å². The topological polar surface area (TPSA) is 111 Å². The van der Waals surface area contributed by atoms with Crippen molar-refractivity contribution in [1.29, 1.82) is 0 Å². The number of carbonyl (C=O) groups is 3. The lowest BCUT2D eigenvalue weighted by molar-refractivity contribution is -0.870. The van der Waals surface area contributed by atoms with Crippen LogP contribution in [-0.2, 0) is 33.3 Å². The molecule has 0 amide bonds. The zero-order valence-corrected chi connectivity index (χ0v) is 44.0. The molecule has 0 bridgehead atoms. The van der Waals surface area contributed by atoms with E-state index >= 15 is 0 Å². The molecule has 0 aliphatic carbocycles. The predicted octanol–water partition coefficient (Wildman–Crippen LogP) is 14.3. The van der Waals surface area contributed by atoms with E-state index in [0.29, 0.717) is 17.4 Å². The third-order valence-corrected chi connectivity index (χ3v) is 11.7. The van der Waals surface area contributed by atoms with Crippen LogP contribution in [0.5, 0.6) is 0 Å². The molecule has 0 fully saturated rings. The van der Waals surface area contributed by atoms with Crippen molar-refractivity contribution < 1.29 is 42.9 Å². The van der Waals surface area contributed by atoms with E-state index in [1.54, 1.807) is 0 Å². The highest BCUT2D eigenvalue weighted by Gasteiger charge is 2.22. The Morgan fingerprint density at radius 3 is 1.28 bits per heavy atom. The number of aliphatic carboxylic acids is 1.